The van der Waals surface area contributed by atoms with Crippen LogP contribution < -0.4 is 5.69 Å². The Morgan fingerprint density at radius 1 is 1.47 bits per heavy atom. The number of benzene rings is 1. The highest BCUT2D eigenvalue weighted by Gasteiger charge is 2.08. The molecule has 0 bridgehead atoms. The topological polar surface area (TPSA) is 72.2 Å². The summed E-state index contributed by atoms with van der Waals surface area (Å²) < 4.78 is 1.43. The smallest absolute Gasteiger partial charge is 0.347 e. The predicted octanol–water partition coefficient (Wildman–Crippen LogP) is 1.95. The Morgan fingerprint density at radius 3 is 2.84 bits per heavy atom. The standard InChI is InChI=1S/C13H11ClN2O3/c1-8-5-15-13(19)16(6-8)7-10-3-2-9(12(17)18)4-11(10)14/h2-6H,7H2,1H3,(H,17,18). The molecule has 1 N–H and O–H groups in total. The van der Waals surface area contributed by atoms with Crippen LogP contribution in [-0.2, 0) is 6.54 Å². The largest absolute Gasteiger partial charge is 0.478 e. The third-order valence-corrected chi connectivity index (χ3v) is 2.98. The summed E-state index contributed by atoms with van der Waals surface area (Å²) in [6.45, 7) is 2.09. The van der Waals surface area contributed by atoms with Crippen LogP contribution in [0.5, 0.6) is 0 Å². The van der Waals surface area contributed by atoms with Crippen LogP contribution in [0.4, 0.5) is 0 Å². The van der Waals surface area contributed by atoms with E-state index in [9.17, 15) is 9.59 Å². The van der Waals surface area contributed by atoms with E-state index in [4.69, 9.17) is 16.7 Å². The molecule has 19 heavy (non-hydrogen) atoms. The number of carboxylic acid groups (broad SMARTS) is 1. The summed E-state index contributed by atoms with van der Waals surface area (Å²) in [5, 5.41) is 9.16. The Balaban J connectivity index is 2.36. The molecule has 1 aromatic heterocycles. The molecule has 1 aromatic carbocycles. The van der Waals surface area contributed by atoms with Crippen molar-refractivity contribution in [3.8, 4) is 0 Å². The zero-order valence-corrected chi connectivity index (χ0v) is 10.9. The van der Waals surface area contributed by atoms with Crippen molar-refractivity contribution >= 4 is 17.6 Å². The number of hydrogen-bond acceptors (Lipinski definition) is 3. The van der Waals surface area contributed by atoms with Gasteiger partial charge in [0.05, 0.1) is 12.1 Å². The number of carbonyl (C=O) groups is 1. The number of aryl methyl sites for hydroxylation is 1. The highest BCUT2D eigenvalue weighted by molar-refractivity contribution is 6.31. The van der Waals surface area contributed by atoms with E-state index in [1.807, 2.05) is 6.92 Å². The molecule has 0 aliphatic heterocycles. The lowest BCUT2D eigenvalue weighted by Gasteiger charge is -2.08. The van der Waals surface area contributed by atoms with Crippen LogP contribution in [0.1, 0.15) is 21.5 Å². The lowest BCUT2D eigenvalue weighted by atomic mass is 10.1. The van der Waals surface area contributed by atoms with Crippen molar-refractivity contribution in [2.45, 2.75) is 13.5 Å². The van der Waals surface area contributed by atoms with E-state index in [2.05, 4.69) is 4.98 Å². The summed E-state index contributed by atoms with van der Waals surface area (Å²) in [6, 6.07) is 4.42. The van der Waals surface area contributed by atoms with Crippen molar-refractivity contribution in [1.82, 2.24) is 9.55 Å². The third-order valence-electron chi connectivity index (χ3n) is 2.62. The predicted molar refractivity (Wildman–Crippen MR) is 70.7 cm³/mol. The van der Waals surface area contributed by atoms with E-state index in [1.165, 1.54) is 22.9 Å². The highest BCUT2D eigenvalue weighted by Crippen LogP contribution is 2.18. The average molecular weight is 279 g/mol. The average Bonchev–Trinajstić information content (AvgIpc) is 2.36. The van der Waals surface area contributed by atoms with Gasteiger partial charge in [-0.3, -0.25) is 4.57 Å². The minimum Gasteiger partial charge on any atom is -0.478 e. The van der Waals surface area contributed by atoms with Gasteiger partial charge in [-0.2, -0.15) is 0 Å². The molecule has 0 spiro atoms. The Hall–Kier alpha value is -2.14. The molecular formula is C13H11ClN2O3. The van der Waals surface area contributed by atoms with Crippen LogP contribution >= 0.6 is 11.6 Å². The Labute approximate surface area is 114 Å². The molecule has 1 heterocycles. The van der Waals surface area contributed by atoms with E-state index in [-0.39, 0.29) is 17.8 Å². The SMILES string of the molecule is Cc1cnc(=O)n(Cc2ccc(C(=O)O)cc2Cl)c1. The van der Waals surface area contributed by atoms with Crippen LogP contribution in [0, 0.1) is 6.92 Å². The Bertz CT molecular complexity index is 695. The molecule has 0 saturated carbocycles. The fraction of sp³-hybridized carbons (Fsp3) is 0.154. The fourth-order valence-electron chi connectivity index (χ4n) is 1.67. The monoisotopic (exact) mass is 278 g/mol. The van der Waals surface area contributed by atoms with Gasteiger partial charge >= 0.3 is 11.7 Å². The first-order valence-corrected chi connectivity index (χ1v) is 5.90. The fourth-order valence-corrected chi connectivity index (χ4v) is 1.91. The number of nitrogens with zero attached hydrogens (tertiary/aromatic N) is 2. The van der Waals surface area contributed by atoms with Crippen LogP contribution in [0.2, 0.25) is 5.02 Å². The van der Waals surface area contributed by atoms with E-state index >= 15 is 0 Å². The zero-order chi connectivity index (χ0) is 14.0. The maximum absolute atomic E-state index is 11.6. The summed E-state index contributed by atoms with van der Waals surface area (Å²) in [6.07, 6.45) is 3.17. The first-order valence-electron chi connectivity index (χ1n) is 5.52. The molecule has 0 aliphatic carbocycles. The van der Waals surface area contributed by atoms with E-state index in [1.54, 1.807) is 12.3 Å². The van der Waals surface area contributed by atoms with Crippen molar-refractivity contribution in [2.75, 3.05) is 0 Å². The quantitative estimate of drug-likeness (QED) is 0.931. The minimum atomic E-state index is -1.04. The lowest BCUT2D eigenvalue weighted by Crippen LogP contribution is -2.23. The van der Waals surface area contributed by atoms with Crippen molar-refractivity contribution in [3.05, 3.63) is 62.8 Å². The molecule has 0 atom stereocenters. The van der Waals surface area contributed by atoms with Crippen molar-refractivity contribution in [1.29, 1.82) is 0 Å². The van der Waals surface area contributed by atoms with Gasteiger partial charge in [-0.25, -0.2) is 14.6 Å². The Kier molecular flexibility index (Phi) is 3.66. The maximum Gasteiger partial charge on any atom is 0.347 e. The number of aromatic carboxylic acids is 1. The van der Waals surface area contributed by atoms with Gasteiger partial charge in [0.2, 0.25) is 0 Å². The van der Waals surface area contributed by atoms with Crippen LogP contribution in [0.15, 0.2) is 35.4 Å². The van der Waals surface area contributed by atoms with Gasteiger partial charge in [-0.15, -0.1) is 0 Å². The Morgan fingerprint density at radius 2 is 2.21 bits per heavy atom. The summed E-state index contributed by atoms with van der Waals surface area (Å²) in [7, 11) is 0. The van der Waals surface area contributed by atoms with Gasteiger partial charge in [-0.1, -0.05) is 17.7 Å². The van der Waals surface area contributed by atoms with Crippen molar-refractivity contribution in [3.63, 3.8) is 0 Å². The number of hydrogen-bond donors (Lipinski definition) is 1. The van der Waals surface area contributed by atoms with E-state index in [0.29, 0.717) is 10.6 Å². The van der Waals surface area contributed by atoms with Crippen LogP contribution in [0.25, 0.3) is 0 Å². The van der Waals surface area contributed by atoms with Gasteiger partial charge in [0.15, 0.2) is 0 Å². The number of carboxylic acids is 1. The highest BCUT2D eigenvalue weighted by atomic mass is 35.5. The molecule has 0 radical (unpaired) electrons. The summed E-state index contributed by atoms with van der Waals surface area (Å²) in [5.41, 5.74) is 1.27. The molecule has 5 nitrogen and oxygen atoms in total. The number of aromatic nitrogens is 2. The molecule has 2 aromatic rings. The summed E-state index contributed by atoms with van der Waals surface area (Å²) >= 11 is 6.02. The van der Waals surface area contributed by atoms with Gasteiger partial charge < -0.3 is 5.11 Å². The molecule has 6 heteroatoms. The van der Waals surface area contributed by atoms with E-state index in [0.717, 1.165) is 5.56 Å². The van der Waals surface area contributed by atoms with Gasteiger partial charge in [0.25, 0.3) is 0 Å². The second-order valence-corrected chi connectivity index (χ2v) is 4.56. The molecule has 0 amide bonds. The van der Waals surface area contributed by atoms with Gasteiger partial charge in [-0.05, 0) is 30.2 Å². The second-order valence-electron chi connectivity index (χ2n) is 4.15. The molecule has 2 rings (SSSR count). The molecular weight excluding hydrogens is 268 g/mol. The third kappa shape index (κ3) is 3.00. The molecule has 0 unspecified atom stereocenters. The zero-order valence-electron chi connectivity index (χ0n) is 10.1. The van der Waals surface area contributed by atoms with Crippen molar-refractivity contribution in [2.24, 2.45) is 0 Å². The normalized spacial score (nSPS) is 10.4. The second kappa shape index (κ2) is 5.24. The first kappa shape index (κ1) is 13.3. The molecule has 0 fully saturated rings. The molecule has 0 saturated heterocycles. The van der Waals surface area contributed by atoms with Gasteiger partial charge in [0, 0.05) is 17.4 Å². The summed E-state index contributed by atoms with van der Waals surface area (Å²) in [4.78, 5) is 26.1. The maximum atomic E-state index is 11.6. The number of rotatable bonds is 3. The molecule has 0 aliphatic rings. The summed E-state index contributed by atoms with van der Waals surface area (Å²) in [5.74, 6) is -1.04. The van der Waals surface area contributed by atoms with Crippen LogP contribution in [0.3, 0.4) is 0 Å². The first-order chi connectivity index (χ1) is 8.97. The lowest BCUT2D eigenvalue weighted by molar-refractivity contribution is 0.0697. The van der Waals surface area contributed by atoms with E-state index < -0.39 is 5.97 Å². The minimum absolute atomic E-state index is 0.114. The number of halogens is 1. The van der Waals surface area contributed by atoms with Gasteiger partial charge in [0.1, 0.15) is 0 Å². The van der Waals surface area contributed by atoms with Crippen LogP contribution in [-0.4, -0.2) is 20.6 Å². The molecule has 98 valence electrons. The van der Waals surface area contributed by atoms with Crippen molar-refractivity contribution < 1.29 is 9.90 Å².